The molecule has 18 heavy (non-hydrogen) atoms. The van der Waals surface area contributed by atoms with Crippen LogP contribution in [0, 0.1) is 12.3 Å². The summed E-state index contributed by atoms with van der Waals surface area (Å²) in [5.41, 5.74) is 7.79. The van der Waals surface area contributed by atoms with Crippen molar-refractivity contribution in [3.05, 3.63) is 65.7 Å². The molecular weight excluding hydrogens is 222 g/mol. The minimum absolute atomic E-state index is 0.354. The Hall–Kier alpha value is -2.24. The smallest absolute Gasteiger partial charge is 0.119 e. The van der Waals surface area contributed by atoms with Crippen LogP contribution in [0.2, 0.25) is 0 Å². The van der Waals surface area contributed by atoms with Crippen molar-refractivity contribution in [2.24, 2.45) is 5.73 Å². The first kappa shape index (κ1) is 12.2. The van der Waals surface area contributed by atoms with E-state index in [1.165, 1.54) is 0 Å². The van der Waals surface area contributed by atoms with Crippen LogP contribution in [0.1, 0.15) is 17.2 Å². The van der Waals surface area contributed by atoms with E-state index in [1.54, 1.807) is 0 Å². The molecule has 2 aromatic carbocycles. The largest absolute Gasteiger partial charge is 0.489 e. The Morgan fingerprint density at radius 1 is 1.06 bits per heavy atom. The highest BCUT2D eigenvalue weighted by Gasteiger charge is 2.01. The fourth-order valence-corrected chi connectivity index (χ4v) is 1.61. The van der Waals surface area contributed by atoms with E-state index in [9.17, 15) is 0 Å². The van der Waals surface area contributed by atoms with Gasteiger partial charge in [0.1, 0.15) is 12.4 Å². The Labute approximate surface area is 107 Å². The van der Waals surface area contributed by atoms with Crippen molar-refractivity contribution >= 4 is 0 Å². The lowest BCUT2D eigenvalue weighted by Gasteiger charge is -2.08. The van der Waals surface area contributed by atoms with Gasteiger partial charge >= 0.3 is 0 Å². The summed E-state index contributed by atoms with van der Waals surface area (Å²) in [7, 11) is 0. The van der Waals surface area contributed by atoms with Gasteiger partial charge in [0.25, 0.3) is 0 Å². The van der Waals surface area contributed by atoms with Gasteiger partial charge in [-0.2, -0.15) is 0 Å². The Morgan fingerprint density at radius 2 is 1.72 bits per heavy atom. The van der Waals surface area contributed by atoms with Crippen molar-refractivity contribution in [1.82, 2.24) is 0 Å². The summed E-state index contributed by atoms with van der Waals surface area (Å²) in [4.78, 5) is 0. The molecule has 0 heterocycles. The van der Waals surface area contributed by atoms with E-state index in [1.807, 2.05) is 54.6 Å². The zero-order valence-electron chi connectivity index (χ0n) is 10.0. The minimum Gasteiger partial charge on any atom is -0.489 e. The van der Waals surface area contributed by atoms with Gasteiger partial charge in [-0.1, -0.05) is 48.4 Å². The molecule has 2 heteroatoms. The van der Waals surface area contributed by atoms with Crippen LogP contribution in [-0.4, -0.2) is 0 Å². The number of benzene rings is 2. The summed E-state index contributed by atoms with van der Waals surface area (Å²) in [6.07, 6.45) is 5.27. The lowest BCUT2D eigenvalue weighted by atomic mass is 10.1. The van der Waals surface area contributed by atoms with Gasteiger partial charge in [-0.15, -0.1) is 6.42 Å². The number of terminal acetylenes is 1. The maximum absolute atomic E-state index is 5.73. The van der Waals surface area contributed by atoms with E-state index in [0.29, 0.717) is 6.61 Å². The molecule has 0 spiro atoms. The third-order valence-corrected chi connectivity index (χ3v) is 2.67. The molecule has 0 bridgehead atoms. The summed E-state index contributed by atoms with van der Waals surface area (Å²) in [6.45, 7) is 0.557. The molecule has 1 unspecified atom stereocenters. The van der Waals surface area contributed by atoms with E-state index in [0.717, 1.165) is 16.9 Å². The highest BCUT2D eigenvalue weighted by atomic mass is 16.5. The van der Waals surface area contributed by atoms with Crippen LogP contribution in [0.4, 0.5) is 0 Å². The maximum Gasteiger partial charge on any atom is 0.119 e. The molecule has 0 aliphatic carbocycles. The van der Waals surface area contributed by atoms with Crippen molar-refractivity contribution < 1.29 is 4.74 Å². The second kappa shape index (κ2) is 5.90. The standard InChI is InChI=1S/C16H15NO/c1-2-16(17)14-8-10-15(11-9-14)18-12-13-6-4-3-5-7-13/h1,3-11,16H,12,17H2. The second-order valence-corrected chi connectivity index (χ2v) is 3.99. The third-order valence-electron chi connectivity index (χ3n) is 2.67. The number of ether oxygens (including phenoxy) is 1. The molecule has 0 aliphatic rings. The average Bonchev–Trinajstić information content (AvgIpc) is 2.46. The van der Waals surface area contributed by atoms with E-state index in [-0.39, 0.29) is 6.04 Å². The number of hydrogen-bond acceptors (Lipinski definition) is 2. The Bertz CT molecular complexity index is 525. The molecule has 0 saturated heterocycles. The van der Waals surface area contributed by atoms with E-state index in [2.05, 4.69) is 5.92 Å². The van der Waals surface area contributed by atoms with Crippen LogP contribution in [-0.2, 0) is 6.61 Å². The van der Waals surface area contributed by atoms with Gasteiger partial charge in [0.05, 0.1) is 6.04 Å². The highest BCUT2D eigenvalue weighted by Crippen LogP contribution is 2.17. The van der Waals surface area contributed by atoms with Crippen LogP contribution < -0.4 is 10.5 Å². The molecule has 0 aromatic heterocycles. The molecule has 0 radical (unpaired) electrons. The lowest BCUT2D eigenvalue weighted by Crippen LogP contribution is -2.06. The summed E-state index contributed by atoms with van der Waals surface area (Å²) < 4.78 is 5.67. The van der Waals surface area contributed by atoms with Gasteiger partial charge in [0.15, 0.2) is 0 Å². The number of hydrogen-bond donors (Lipinski definition) is 1. The first-order chi connectivity index (χ1) is 8.79. The molecule has 2 nitrogen and oxygen atoms in total. The fraction of sp³-hybridized carbons (Fsp3) is 0.125. The zero-order valence-corrected chi connectivity index (χ0v) is 10.0. The van der Waals surface area contributed by atoms with Gasteiger partial charge in [-0.05, 0) is 23.3 Å². The van der Waals surface area contributed by atoms with Crippen molar-refractivity contribution in [2.75, 3.05) is 0 Å². The molecule has 0 amide bonds. The molecule has 1 atom stereocenters. The van der Waals surface area contributed by atoms with Gasteiger partial charge in [-0.25, -0.2) is 0 Å². The van der Waals surface area contributed by atoms with Crippen LogP contribution in [0.5, 0.6) is 5.75 Å². The summed E-state index contributed by atoms with van der Waals surface area (Å²) in [5, 5.41) is 0. The average molecular weight is 237 g/mol. The minimum atomic E-state index is -0.354. The Morgan fingerprint density at radius 3 is 2.33 bits per heavy atom. The quantitative estimate of drug-likeness (QED) is 0.830. The number of rotatable bonds is 4. The first-order valence-electron chi connectivity index (χ1n) is 5.78. The Balaban J connectivity index is 1.97. The highest BCUT2D eigenvalue weighted by molar-refractivity contribution is 5.32. The van der Waals surface area contributed by atoms with E-state index in [4.69, 9.17) is 16.9 Å². The predicted octanol–water partition coefficient (Wildman–Crippen LogP) is 2.90. The Kier molecular flexibility index (Phi) is 4.01. The van der Waals surface area contributed by atoms with Crippen LogP contribution in [0.15, 0.2) is 54.6 Å². The molecule has 2 N–H and O–H groups in total. The zero-order chi connectivity index (χ0) is 12.8. The van der Waals surface area contributed by atoms with Gasteiger partial charge in [-0.3, -0.25) is 0 Å². The molecule has 90 valence electrons. The SMILES string of the molecule is C#CC(N)c1ccc(OCc2ccccc2)cc1. The van der Waals surface area contributed by atoms with Gasteiger partial charge < -0.3 is 10.5 Å². The summed E-state index contributed by atoms with van der Waals surface area (Å²) in [6, 6.07) is 17.2. The van der Waals surface area contributed by atoms with Crippen molar-refractivity contribution in [3.63, 3.8) is 0 Å². The summed E-state index contributed by atoms with van der Waals surface area (Å²) in [5.74, 6) is 3.31. The first-order valence-corrected chi connectivity index (χ1v) is 5.78. The fourth-order valence-electron chi connectivity index (χ4n) is 1.61. The predicted molar refractivity (Wildman–Crippen MR) is 73.0 cm³/mol. The molecular formula is C16H15NO. The molecule has 0 fully saturated rings. The molecule has 2 aromatic rings. The molecule has 2 rings (SSSR count). The normalized spacial score (nSPS) is 11.6. The molecule has 0 saturated carbocycles. The second-order valence-electron chi connectivity index (χ2n) is 3.99. The van der Waals surface area contributed by atoms with Crippen LogP contribution in [0.3, 0.4) is 0 Å². The van der Waals surface area contributed by atoms with Gasteiger partial charge in [0, 0.05) is 0 Å². The van der Waals surface area contributed by atoms with E-state index < -0.39 is 0 Å². The lowest BCUT2D eigenvalue weighted by molar-refractivity contribution is 0.306. The van der Waals surface area contributed by atoms with Crippen LogP contribution in [0.25, 0.3) is 0 Å². The van der Waals surface area contributed by atoms with Gasteiger partial charge in [0.2, 0.25) is 0 Å². The van der Waals surface area contributed by atoms with Crippen molar-refractivity contribution in [1.29, 1.82) is 0 Å². The maximum atomic E-state index is 5.73. The number of nitrogens with two attached hydrogens (primary N) is 1. The van der Waals surface area contributed by atoms with Crippen molar-refractivity contribution in [3.8, 4) is 18.1 Å². The van der Waals surface area contributed by atoms with Crippen molar-refractivity contribution in [2.45, 2.75) is 12.6 Å². The molecule has 0 aliphatic heterocycles. The topological polar surface area (TPSA) is 35.2 Å². The monoisotopic (exact) mass is 237 g/mol. The van der Waals surface area contributed by atoms with E-state index >= 15 is 0 Å². The third kappa shape index (κ3) is 3.13. The summed E-state index contributed by atoms with van der Waals surface area (Å²) >= 11 is 0. The van der Waals surface area contributed by atoms with Crippen LogP contribution >= 0.6 is 0 Å².